The fourth-order valence-corrected chi connectivity index (χ4v) is 3.38. The second-order valence-electron chi connectivity index (χ2n) is 4.91. The molecular formula is C16H12F5I. The van der Waals surface area contributed by atoms with E-state index in [9.17, 15) is 22.0 Å². The predicted molar refractivity (Wildman–Crippen MR) is 83.3 cm³/mol. The van der Waals surface area contributed by atoms with Crippen molar-refractivity contribution in [1.82, 2.24) is 0 Å². The summed E-state index contributed by atoms with van der Waals surface area (Å²) in [6.45, 7) is 0. The van der Waals surface area contributed by atoms with Crippen LogP contribution in [0.25, 0.3) is 0 Å². The van der Waals surface area contributed by atoms with Gasteiger partial charge < -0.3 is 0 Å². The summed E-state index contributed by atoms with van der Waals surface area (Å²) in [6.07, 6.45) is -6.93. The van der Waals surface area contributed by atoms with Gasteiger partial charge in [0.1, 0.15) is 0 Å². The number of hydrogen-bond acceptors (Lipinski definition) is 0. The Morgan fingerprint density at radius 2 is 1.05 bits per heavy atom. The third-order valence-electron chi connectivity index (χ3n) is 3.34. The van der Waals surface area contributed by atoms with Crippen LogP contribution < -0.4 is 0 Å². The zero-order valence-electron chi connectivity index (χ0n) is 11.2. The van der Waals surface area contributed by atoms with Gasteiger partial charge in [-0.3, -0.25) is 0 Å². The van der Waals surface area contributed by atoms with E-state index < -0.39 is 21.9 Å². The Labute approximate surface area is 138 Å². The summed E-state index contributed by atoms with van der Waals surface area (Å²) in [5, 5.41) is 0. The van der Waals surface area contributed by atoms with Crippen LogP contribution >= 0.6 is 22.6 Å². The summed E-state index contributed by atoms with van der Waals surface area (Å²) in [7, 11) is 0. The first-order valence-electron chi connectivity index (χ1n) is 6.41. The van der Waals surface area contributed by atoms with Crippen LogP contribution in [0.5, 0.6) is 0 Å². The van der Waals surface area contributed by atoms with E-state index in [1.807, 2.05) is 0 Å². The summed E-state index contributed by atoms with van der Waals surface area (Å²) in [4.78, 5) is 0. The zero-order chi connectivity index (χ0) is 16.4. The Morgan fingerprint density at radius 1 is 0.682 bits per heavy atom. The molecular weight excluding hydrogens is 414 g/mol. The first kappa shape index (κ1) is 17.2. The van der Waals surface area contributed by atoms with Gasteiger partial charge in [0.05, 0.1) is 3.42 Å². The summed E-state index contributed by atoms with van der Waals surface area (Å²) < 4.78 is 63.8. The molecule has 0 atom stereocenters. The van der Waals surface area contributed by atoms with E-state index in [1.54, 1.807) is 83.3 Å². The number of halogens is 6. The van der Waals surface area contributed by atoms with E-state index in [-0.39, 0.29) is 0 Å². The van der Waals surface area contributed by atoms with Crippen LogP contribution in [-0.4, -0.2) is 12.1 Å². The molecule has 0 aliphatic heterocycles. The maximum Gasteiger partial charge on any atom is 0.453 e. The van der Waals surface area contributed by atoms with Crippen molar-refractivity contribution < 1.29 is 22.0 Å². The molecule has 0 nitrogen and oxygen atoms in total. The highest BCUT2D eigenvalue weighted by molar-refractivity contribution is 14.1. The summed E-state index contributed by atoms with van der Waals surface area (Å²) >= 11 is 1.69. The highest BCUT2D eigenvalue weighted by atomic mass is 127. The van der Waals surface area contributed by atoms with Gasteiger partial charge in [0.15, 0.2) is 0 Å². The first-order chi connectivity index (χ1) is 10.2. The van der Waals surface area contributed by atoms with Gasteiger partial charge in [0, 0.05) is 6.42 Å². The van der Waals surface area contributed by atoms with E-state index in [0.29, 0.717) is 11.1 Å². The van der Waals surface area contributed by atoms with Crippen molar-refractivity contribution in [2.45, 2.75) is 21.9 Å². The van der Waals surface area contributed by atoms with Crippen molar-refractivity contribution >= 4 is 22.6 Å². The van der Waals surface area contributed by atoms with Gasteiger partial charge in [-0.1, -0.05) is 83.3 Å². The molecule has 0 aliphatic carbocycles. The molecule has 0 aromatic heterocycles. The Morgan fingerprint density at radius 3 is 1.36 bits per heavy atom. The molecule has 0 heterocycles. The second-order valence-corrected chi connectivity index (χ2v) is 6.75. The number of alkyl halides is 6. The Bertz CT molecular complexity index is 568. The number of hydrogen-bond donors (Lipinski definition) is 0. The largest absolute Gasteiger partial charge is 0.453 e. The standard InChI is InChI=1S/C16H12F5I/c17-15(18,16(19,20)21)11-14(22,12-7-3-1-4-8-12)13-9-5-2-6-10-13/h1-10H,11H2. The maximum atomic E-state index is 13.7. The third kappa shape index (κ3) is 3.42. The monoisotopic (exact) mass is 426 g/mol. The molecule has 0 fully saturated rings. The van der Waals surface area contributed by atoms with Crippen LogP contribution in [0.4, 0.5) is 22.0 Å². The normalized spacial score (nSPS) is 13.2. The molecule has 0 spiro atoms. The van der Waals surface area contributed by atoms with Crippen LogP contribution in [0, 0.1) is 0 Å². The van der Waals surface area contributed by atoms with Crippen LogP contribution in [-0.2, 0) is 3.42 Å². The Hall–Kier alpha value is -1.18. The van der Waals surface area contributed by atoms with Crippen molar-refractivity contribution in [2.24, 2.45) is 0 Å². The lowest BCUT2D eigenvalue weighted by atomic mass is 9.86. The molecule has 0 radical (unpaired) electrons. The van der Waals surface area contributed by atoms with Gasteiger partial charge in [-0.15, -0.1) is 0 Å². The van der Waals surface area contributed by atoms with Crippen molar-refractivity contribution in [3.63, 3.8) is 0 Å². The minimum Gasteiger partial charge on any atom is -0.196 e. The first-order valence-corrected chi connectivity index (χ1v) is 7.49. The van der Waals surface area contributed by atoms with Gasteiger partial charge in [-0.2, -0.15) is 22.0 Å². The van der Waals surface area contributed by atoms with E-state index in [2.05, 4.69) is 0 Å². The lowest BCUT2D eigenvalue weighted by Gasteiger charge is -2.33. The van der Waals surface area contributed by atoms with Crippen LogP contribution in [0.15, 0.2) is 60.7 Å². The average Bonchev–Trinajstić information content (AvgIpc) is 2.47. The van der Waals surface area contributed by atoms with Crippen molar-refractivity contribution in [3.8, 4) is 0 Å². The van der Waals surface area contributed by atoms with E-state index >= 15 is 0 Å². The highest BCUT2D eigenvalue weighted by Gasteiger charge is 2.60. The molecule has 0 bridgehead atoms. The third-order valence-corrected chi connectivity index (χ3v) is 4.97. The maximum absolute atomic E-state index is 13.7. The van der Waals surface area contributed by atoms with Crippen molar-refractivity contribution in [2.75, 3.05) is 0 Å². The highest BCUT2D eigenvalue weighted by Crippen LogP contribution is 2.51. The SMILES string of the molecule is FC(F)(F)C(F)(F)CC(I)(c1ccccc1)c1ccccc1. The lowest BCUT2D eigenvalue weighted by molar-refractivity contribution is -0.285. The Kier molecular flexibility index (Phi) is 4.79. The topological polar surface area (TPSA) is 0 Å². The minimum atomic E-state index is -5.58. The van der Waals surface area contributed by atoms with Crippen LogP contribution in [0.3, 0.4) is 0 Å². The molecule has 0 saturated heterocycles. The second kappa shape index (κ2) is 6.14. The fraction of sp³-hybridized carbons (Fsp3) is 0.250. The quantitative estimate of drug-likeness (QED) is 0.322. The van der Waals surface area contributed by atoms with Gasteiger partial charge in [-0.25, -0.2) is 0 Å². The van der Waals surface area contributed by atoms with Crippen molar-refractivity contribution in [1.29, 1.82) is 0 Å². The molecule has 2 aromatic carbocycles. The number of benzene rings is 2. The van der Waals surface area contributed by atoms with Crippen molar-refractivity contribution in [3.05, 3.63) is 71.8 Å². The zero-order valence-corrected chi connectivity index (χ0v) is 13.4. The summed E-state index contributed by atoms with van der Waals surface area (Å²) in [5.41, 5.74) is 0.816. The molecule has 0 saturated carbocycles. The van der Waals surface area contributed by atoms with Crippen LogP contribution in [0.2, 0.25) is 0 Å². The summed E-state index contributed by atoms with van der Waals surface area (Å²) in [5.74, 6) is -4.78. The van der Waals surface area contributed by atoms with Gasteiger partial charge in [0.2, 0.25) is 0 Å². The molecule has 0 aliphatic rings. The smallest absolute Gasteiger partial charge is 0.196 e. The average molecular weight is 426 g/mol. The van der Waals surface area contributed by atoms with E-state index in [1.165, 1.54) is 0 Å². The predicted octanol–water partition coefficient (Wildman–Crippen LogP) is 5.95. The minimum absolute atomic E-state index is 0.408. The summed E-state index contributed by atoms with van der Waals surface area (Å²) in [6, 6.07) is 16.1. The Balaban J connectivity index is 2.53. The van der Waals surface area contributed by atoms with E-state index in [4.69, 9.17) is 0 Å². The van der Waals surface area contributed by atoms with Gasteiger partial charge >= 0.3 is 12.1 Å². The number of rotatable bonds is 4. The van der Waals surface area contributed by atoms with Crippen LogP contribution in [0.1, 0.15) is 17.5 Å². The molecule has 2 rings (SSSR count). The van der Waals surface area contributed by atoms with E-state index in [0.717, 1.165) is 0 Å². The fourth-order valence-electron chi connectivity index (χ4n) is 2.18. The molecule has 0 unspecified atom stereocenters. The van der Waals surface area contributed by atoms with Gasteiger partial charge in [0.25, 0.3) is 0 Å². The van der Waals surface area contributed by atoms with Gasteiger partial charge in [-0.05, 0) is 11.1 Å². The molecule has 22 heavy (non-hydrogen) atoms. The lowest BCUT2D eigenvalue weighted by Crippen LogP contribution is -2.42. The molecule has 0 amide bonds. The molecule has 118 valence electrons. The molecule has 6 heteroatoms. The molecule has 2 aromatic rings. The molecule has 0 N–H and O–H groups in total.